The molecule has 0 N–H and O–H groups in total. The molecule has 0 unspecified atom stereocenters. The summed E-state index contributed by atoms with van der Waals surface area (Å²) in [6.07, 6.45) is 6.27. The largest absolute Gasteiger partial charge is 0.466 e. The first-order chi connectivity index (χ1) is 9.15. The summed E-state index contributed by atoms with van der Waals surface area (Å²) in [5.41, 5.74) is 0. The van der Waals surface area contributed by atoms with Gasteiger partial charge in [-0.3, -0.25) is 9.59 Å². The van der Waals surface area contributed by atoms with Crippen LogP contribution in [0.4, 0.5) is 0 Å². The van der Waals surface area contributed by atoms with Gasteiger partial charge in [0.05, 0.1) is 13.0 Å². The zero-order valence-corrected chi connectivity index (χ0v) is 12.7. The fraction of sp³-hybridized carbons (Fsp3) is 0.867. The standard InChI is InChI=1S/C15H29NO3/c1-4-7-8-9-12-16(14(17)10-5-2)13-11-15(18)19-6-3/h4-13H2,1-3H3. The first-order valence-corrected chi connectivity index (χ1v) is 7.59. The van der Waals surface area contributed by atoms with Crippen molar-refractivity contribution in [3.8, 4) is 0 Å². The molecule has 4 heteroatoms. The Hall–Kier alpha value is -1.06. The fourth-order valence-electron chi connectivity index (χ4n) is 1.92. The second-order valence-electron chi connectivity index (χ2n) is 4.75. The van der Waals surface area contributed by atoms with Gasteiger partial charge in [-0.05, 0) is 19.8 Å². The molecule has 0 atom stereocenters. The van der Waals surface area contributed by atoms with Crippen LogP contribution in [-0.4, -0.2) is 36.5 Å². The number of amides is 1. The van der Waals surface area contributed by atoms with Crippen LogP contribution in [0.5, 0.6) is 0 Å². The summed E-state index contributed by atoms with van der Waals surface area (Å²) in [4.78, 5) is 25.1. The van der Waals surface area contributed by atoms with Crippen LogP contribution in [0.2, 0.25) is 0 Å². The summed E-state index contributed by atoms with van der Waals surface area (Å²) in [6, 6.07) is 0. The normalized spacial score (nSPS) is 10.3. The van der Waals surface area contributed by atoms with Gasteiger partial charge in [0.25, 0.3) is 0 Å². The Kier molecular flexibility index (Phi) is 11.3. The SMILES string of the molecule is CCCCCCN(CCC(=O)OCC)C(=O)CCC. The summed E-state index contributed by atoms with van der Waals surface area (Å²) < 4.78 is 4.90. The molecule has 19 heavy (non-hydrogen) atoms. The summed E-state index contributed by atoms with van der Waals surface area (Å²) in [7, 11) is 0. The van der Waals surface area contributed by atoms with Crippen molar-refractivity contribution in [2.24, 2.45) is 0 Å². The van der Waals surface area contributed by atoms with Gasteiger partial charge in [0.1, 0.15) is 0 Å². The van der Waals surface area contributed by atoms with Crippen LogP contribution >= 0.6 is 0 Å². The molecule has 0 aromatic heterocycles. The number of esters is 1. The first-order valence-electron chi connectivity index (χ1n) is 7.59. The molecule has 0 radical (unpaired) electrons. The molecule has 0 fully saturated rings. The summed E-state index contributed by atoms with van der Waals surface area (Å²) >= 11 is 0. The van der Waals surface area contributed by atoms with Crippen LogP contribution in [-0.2, 0) is 14.3 Å². The van der Waals surface area contributed by atoms with Gasteiger partial charge in [-0.15, -0.1) is 0 Å². The Morgan fingerprint density at radius 3 is 2.21 bits per heavy atom. The predicted molar refractivity (Wildman–Crippen MR) is 76.9 cm³/mol. The number of carbonyl (C=O) groups is 2. The highest BCUT2D eigenvalue weighted by atomic mass is 16.5. The quantitative estimate of drug-likeness (QED) is 0.428. The zero-order chi connectivity index (χ0) is 14.5. The van der Waals surface area contributed by atoms with E-state index in [-0.39, 0.29) is 11.9 Å². The Labute approximate surface area is 117 Å². The molecular weight excluding hydrogens is 242 g/mol. The topological polar surface area (TPSA) is 46.6 Å². The van der Waals surface area contributed by atoms with Gasteiger partial charge in [0.2, 0.25) is 5.91 Å². The molecule has 0 bridgehead atoms. The number of unbranched alkanes of at least 4 members (excludes halogenated alkanes) is 3. The molecule has 0 aliphatic rings. The van der Waals surface area contributed by atoms with E-state index in [1.54, 1.807) is 6.92 Å². The van der Waals surface area contributed by atoms with Crippen LogP contribution in [0.15, 0.2) is 0 Å². The van der Waals surface area contributed by atoms with Crippen LogP contribution in [0.1, 0.15) is 65.7 Å². The van der Waals surface area contributed by atoms with E-state index in [0.717, 1.165) is 25.8 Å². The minimum atomic E-state index is -0.217. The molecule has 0 saturated carbocycles. The molecule has 4 nitrogen and oxygen atoms in total. The van der Waals surface area contributed by atoms with E-state index in [9.17, 15) is 9.59 Å². The second-order valence-corrected chi connectivity index (χ2v) is 4.75. The van der Waals surface area contributed by atoms with Crippen molar-refractivity contribution in [3.05, 3.63) is 0 Å². The molecule has 1 amide bonds. The summed E-state index contributed by atoms with van der Waals surface area (Å²) in [6.45, 7) is 7.61. The lowest BCUT2D eigenvalue weighted by molar-refractivity contribution is -0.144. The van der Waals surface area contributed by atoms with E-state index in [1.807, 2.05) is 11.8 Å². The van der Waals surface area contributed by atoms with Crippen molar-refractivity contribution < 1.29 is 14.3 Å². The van der Waals surface area contributed by atoms with Crippen LogP contribution in [0.3, 0.4) is 0 Å². The molecule has 0 spiro atoms. The van der Waals surface area contributed by atoms with E-state index in [0.29, 0.717) is 26.0 Å². The molecule has 0 saturated heterocycles. The highest BCUT2D eigenvalue weighted by Crippen LogP contribution is 2.05. The Morgan fingerprint density at radius 1 is 0.895 bits per heavy atom. The van der Waals surface area contributed by atoms with Crippen molar-refractivity contribution in [1.82, 2.24) is 4.90 Å². The third-order valence-corrected chi connectivity index (χ3v) is 2.99. The van der Waals surface area contributed by atoms with E-state index in [2.05, 4.69) is 6.92 Å². The van der Waals surface area contributed by atoms with Gasteiger partial charge >= 0.3 is 5.97 Å². The maximum Gasteiger partial charge on any atom is 0.307 e. The number of carbonyl (C=O) groups excluding carboxylic acids is 2. The lowest BCUT2D eigenvalue weighted by Gasteiger charge is -2.22. The molecule has 0 aromatic carbocycles. The molecule has 0 aromatic rings. The van der Waals surface area contributed by atoms with E-state index in [4.69, 9.17) is 4.74 Å². The molecular formula is C15H29NO3. The summed E-state index contributed by atoms with van der Waals surface area (Å²) in [5.74, 6) is -0.0614. The lowest BCUT2D eigenvalue weighted by atomic mass is 10.2. The molecule has 0 rings (SSSR count). The second kappa shape index (κ2) is 12.0. The number of nitrogens with zero attached hydrogens (tertiary/aromatic N) is 1. The van der Waals surface area contributed by atoms with Crippen molar-refractivity contribution in [2.75, 3.05) is 19.7 Å². The maximum absolute atomic E-state index is 12.0. The number of rotatable bonds is 11. The number of hydrogen-bond acceptors (Lipinski definition) is 3. The monoisotopic (exact) mass is 271 g/mol. The molecule has 0 aliphatic heterocycles. The van der Waals surface area contributed by atoms with Gasteiger partial charge in [-0.2, -0.15) is 0 Å². The van der Waals surface area contributed by atoms with Crippen LogP contribution in [0, 0.1) is 0 Å². The minimum Gasteiger partial charge on any atom is -0.466 e. The smallest absolute Gasteiger partial charge is 0.307 e. The van der Waals surface area contributed by atoms with Gasteiger partial charge in [0, 0.05) is 19.5 Å². The van der Waals surface area contributed by atoms with Crippen molar-refractivity contribution in [3.63, 3.8) is 0 Å². The van der Waals surface area contributed by atoms with Crippen LogP contribution < -0.4 is 0 Å². The molecule has 0 aliphatic carbocycles. The average molecular weight is 271 g/mol. The van der Waals surface area contributed by atoms with E-state index >= 15 is 0 Å². The van der Waals surface area contributed by atoms with Crippen molar-refractivity contribution >= 4 is 11.9 Å². The number of ether oxygens (including phenoxy) is 1. The Bertz CT molecular complexity index is 254. The van der Waals surface area contributed by atoms with Crippen molar-refractivity contribution in [1.29, 1.82) is 0 Å². The predicted octanol–water partition coefficient (Wildman–Crippen LogP) is 3.15. The van der Waals surface area contributed by atoms with Crippen molar-refractivity contribution in [2.45, 2.75) is 65.7 Å². The van der Waals surface area contributed by atoms with Gasteiger partial charge < -0.3 is 9.64 Å². The average Bonchev–Trinajstić information content (AvgIpc) is 2.38. The van der Waals surface area contributed by atoms with Crippen LogP contribution in [0.25, 0.3) is 0 Å². The zero-order valence-electron chi connectivity index (χ0n) is 12.7. The maximum atomic E-state index is 12.0. The van der Waals surface area contributed by atoms with Gasteiger partial charge in [-0.1, -0.05) is 33.1 Å². The highest BCUT2D eigenvalue weighted by Gasteiger charge is 2.14. The van der Waals surface area contributed by atoms with Gasteiger partial charge in [0.15, 0.2) is 0 Å². The highest BCUT2D eigenvalue weighted by molar-refractivity contribution is 5.77. The van der Waals surface area contributed by atoms with Gasteiger partial charge in [-0.25, -0.2) is 0 Å². The molecule has 0 heterocycles. The van der Waals surface area contributed by atoms with E-state index < -0.39 is 0 Å². The molecule has 112 valence electrons. The Morgan fingerprint density at radius 2 is 1.63 bits per heavy atom. The number of hydrogen-bond donors (Lipinski definition) is 0. The lowest BCUT2D eigenvalue weighted by Crippen LogP contribution is -2.34. The Balaban J connectivity index is 4.09. The minimum absolute atomic E-state index is 0.156. The third-order valence-electron chi connectivity index (χ3n) is 2.99. The first kappa shape index (κ1) is 17.9. The van der Waals surface area contributed by atoms with E-state index in [1.165, 1.54) is 12.8 Å². The fourth-order valence-corrected chi connectivity index (χ4v) is 1.92. The summed E-state index contributed by atoms with van der Waals surface area (Å²) in [5, 5.41) is 0. The third kappa shape index (κ3) is 9.51.